The van der Waals surface area contributed by atoms with Crippen molar-refractivity contribution in [1.29, 1.82) is 0 Å². The fourth-order valence-electron chi connectivity index (χ4n) is 3.09. The van der Waals surface area contributed by atoms with Gasteiger partial charge >= 0.3 is 0 Å². The number of carbonyl (C=O) groups is 2. The summed E-state index contributed by atoms with van der Waals surface area (Å²) in [5.74, 6) is -0.0611. The Bertz CT molecular complexity index is 1130. The molecule has 1 atom stereocenters. The van der Waals surface area contributed by atoms with E-state index in [0.29, 0.717) is 12.2 Å². The first-order chi connectivity index (χ1) is 15.2. The Kier molecular flexibility index (Phi) is 6.13. The maximum atomic E-state index is 13.0. The number of aromatic nitrogens is 4. The van der Waals surface area contributed by atoms with Crippen LogP contribution in [0.25, 0.3) is 5.82 Å². The molecular weight excluding hydrogens is 396 g/mol. The minimum Gasteiger partial charge on any atom is -0.459 e. The van der Waals surface area contributed by atoms with Crippen LogP contribution in [0.5, 0.6) is 0 Å². The molecule has 0 bridgehead atoms. The van der Waals surface area contributed by atoms with Crippen molar-refractivity contribution >= 4 is 11.8 Å². The molecule has 0 aliphatic carbocycles. The van der Waals surface area contributed by atoms with Gasteiger partial charge in [-0.15, -0.1) is 0 Å². The van der Waals surface area contributed by atoms with E-state index in [4.69, 9.17) is 4.42 Å². The number of furan rings is 1. The highest BCUT2D eigenvalue weighted by Gasteiger charge is 2.23. The molecule has 31 heavy (non-hydrogen) atoms. The molecule has 0 unspecified atom stereocenters. The second kappa shape index (κ2) is 9.49. The van der Waals surface area contributed by atoms with Crippen molar-refractivity contribution in [2.45, 2.75) is 19.0 Å². The van der Waals surface area contributed by atoms with Gasteiger partial charge in [-0.25, -0.2) is 14.6 Å². The fourth-order valence-corrected chi connectivity index (χ4v) is 3.09. The number of nitrogens with one attached hydrogen (secondary N) is 2. The van der Waals surface area contributed by atoms with E-state index in [1.807, 2.05) is 36.4 Å². The molecule has 3 aromatic heterocycles. The van der Waals surface area contributed by atoms with Crippen molar-refractivity contribution in [2.75, 3.05) is 0 Å². The molecule has 2 amide bonds. The van der Waals surface area contributed by atoms with Gasteiger partial charge in [0, 0.05) is 24.7 Å². The van der Waals surface area contributed by atoms with E-state index in [0.717, 1.165) is 11.1 Å². The predicted octanol–water partition coefficient (Wildman–Crippen LogP) is 1.91. The van der Waals surface area contributed by atoms with E-state index in [-0.39, 0.29) is 18.2 Å². The van der Waals surface area contributed by atoms with Crippen LogP contribution in [0.4, 0.5) is 0 Å². The smallest absolute Gasteiger partial charge is 0.287 e. The Morgan fingerprint density at radius 3 is 2.68 bits per heavy atom. The molecule has 0 aliphatic heterocycles. The van der Waals surface area contributed by atoms with Gasteiger partial charge in [-0.05, 0) is 23.8 Å². The van der Waals surface area contributed by atoms with Crippen molar-refractivity contribution in [3.63, 3.8) is 0 Å². The first-order valence-corrected chi connectivity index (χ1v) is 9.65. The first kappa shape index (κ1) is 20.0. The van der Waals surface area contributed by atoms with Crippen LogP contribution < -0.4 is 10.6 Å². The molecule has 156 valence electrons. The third kappa shape index (κ3) is 5.02. The molecule has 2 N–H and O–H groups in total. The Morgan fingerprint density at radius 2 is 1.94 bits per heavy atom. The van der Waals surface area contributed by atoms with Crippen molar-refractivity contribution in [3.8, 4) is 5.82 Å². The molecule has 4 rings (SSSR count). The molecule has 1 aromatic carbocycles. The van der Waals surface area contributed by atoms with Crippen LogP contribution in [0.2, 0.25) is 0 Å². The molecule has 4 aromatic rings. The Morgan fingerprint density at radius 1 is 1.06 bits per heavy atom. The van der Waals surface area contributed by atoms with Crippen LogP contribution in [-0.2, 0) is 17.8 Å². The summed E-state index contributed by atoms with van der Waals surface area (Å²) in [6.07, 6.45) is 6.34. The fraction of sp³-hybridized carbons (Fsp3) is 0.136. The van der Waals surface area contributed by atoms with Crippen molar-refractivity contribution in [3.05, 3.63) is 96.6 Å². The standard InChI is InChI=1S/C22H20N6O3/c29-21(25-13-17-8-4-10-24-20(17)28-15-23-14-26-28)18(12-16-6-2-1-3-7-16)27-22(30)19-9-5-11-31-19/h1-11,14-15,18H,12-13H2,(H,25,29)(H,27,30)/t18-/m0/s1. The van der Waals surface area contributed by atoms with E-state index >= 15 is 0 Å². The lowest BCUT2D eigenvalue weighted by atomic mass is 10.0. The maximum absolute atomic E-state index is 13.0. The minimum absolute atomic E-state index is 0.145. The van der Waals surface area contributed by atoms with Gasteiger partial charge in [0.25, 0.3) is 5.91 Å². The molecule has 9 nitrogen and oxygen atoms in total. The summed E-state index contributed by atoms with van der Waals surface area (Å²) < 4.78 is 6.67. The minimum atomic E-state index is -0.786. The summed E-state index contributed by atoms with van der Waals surface area (Å²) in [4.78, 5) is 33.7. The van der Waals surface area contributed by atoms with Gasteiger partial charge < -0.3 is 15.1 Å². The third-order valence-electron chi connectivity index (χ3n) is 4.61. The van der Waals surface area contributed by atoms with E-state index < -0.39 is 11.9 Å². The zero-order chi connectivity index (χ0) is 21.5. The Hall–Kier alpha value is -4.27. The summed E-state index contributed by atoms with van der Waals surface area (Å²) in [5.41, 5.74) is 1.68. The molecule has 9 heteroatoms. The van der Waals surface area contributed by atoms with E-state index in [1.165, 1.54) is 23.6 Å². The Labute approximate surface area is 178 Å². The number of rotatable bonds is 8. The molecule has 0 radical (unpaired) electrons. The second-order valence-electron chi connectivity index (χ2n) is 6.74. The van der Waals surface area contributed by atoms with Gasteiger partial charge in [0.1, 0.15) is 18.7 Å². The number of hydrogen-bond donors (Lipinski definition) is 2. The quantitative estimate of drug-likeness (QED) is 0.453. The lowest BCUT2D eigenvalue weighted by Gasteiger charge is -2.18. The highest BCUT2D eigenvalue weighted by molar-refractivity contribution is 5.95. The summed E-state index contributed by atoms with van der Waals surface area (Å²) in [6, 6.07) is 15.5. The summed E-state index contributed by atoms with van der Waals surface area (Å²) in [6.45, 7) is 0.212. The zero-order valence-electron chi connectivity index (χ0n) is 16.5. The van der Waals surface area contributed by atoms with Crippen LogP contribution in [0, 0.1) is 0 Å². The number of pyridine rings is 1. The van der Waals surface area contributed by atoms with Gasteiger partial charge in [0.15, 0.2) is 11.6 Å². The van der Waals surface area contributed by atoms with Gasteiger partial charge in [-0.3, -0.25) is 9.59 Å². The monoisotopic (exact) mass is 416 g/mol. The van der Waals surface area contributed by atoms with Crippen LogP contribution in [-0.4, -0.2) is 37.6 Å². The zero-order valence-corrected chi connectivity index (χ0v) is 16.5. The number of benzene rings is 1. The second-order valence-corrected chi connectivity index (χ2v) is 6.74. The van der Waals surface area contributed by atoms with Crippen molar-refractivity contribution in [2.24, 2.45) is 0 Å². The van der Waals surface area contributed by atoms with E-state index in [1.54, 1.807) is 24.4 Å². The highest BCUT2D eigenvalue weighted by Crippen LogP contribution is 2.10. The van der Waals surface area contributed by atoms with Crippen LogP contribution in [0.1, 0.15) is 21.7 Å². The molecule has 3 heterocycles. The maximum Gasteiger partial charge on any atom is 0.287 e. The van der Waals surface area contributed by atoms with E-state index in [2.05, 4.69) is 25.7 Å². The lowest BCUT2D eigenvalue weighted by Crippen LogP contribution is -2.47. The SMILES string of the molecule is O=C(N[C@@H](Cc1ccccc1)C(=O)NCc1cccnc1-n1cncn1)c1ccco1. The van der Waals surface area contributed by atoms with Gasteiger partial charge in [0.05, 0.1) is 6.26 Å². The van der Waals surface area contributed by atoms with Gasteiger partial charge in [-0.2, -0.15) is 5.10 Å². The summed E-state index contributed by atoms with van der Waals surface area (Å²) in [7, 11) is 0. The number of amides is 2. The normalized spacial score (nSPS) is 11.6. The van der Waals surface area contributed by atoms with Crippen molar-refractivity contribution in [1.82, 2.24) is 30.4 Å². The number of carbonyl (C=O) groups excluding carboxylic acids is 2. The van der Waals surface area contributed by atoms with Crippen LogP contribution in [0.15, 0.2) is 84.1 Å². The molecule has 0 aliphatic rings. The van der Waals surface area contributed by atoms with Crippen LogP contribution in [0.3, 0.4) is 0 Å². The van der Waals surface area contributed by atoms with Gasteiger partial charge in [0.2, 0.25) is 5.91 Å². The molecular formula is C22H20N6O3. The number of hydrogen-bond acceptors (Lipinski definition) is 6. The molecule has 0 saturated carbocycles. The summed E-state index contributed by atoms with van der Waals surface area (Å²) in [5, 5.41) is 9.74. The third-order valence-corrected chi connectivity index (χ3v) is 4.61. The molecule has 0 fully saturated rings. The average molecular weight is 416 g/mol. The Balaban J connectivity index is 1.49. The predicted molar refractivity (Wildman–Crippen MR) is 111 cm³/mol. The van der Waals surface area contributed by atoms with E-state index in [9.17, 15) is 9.59 Å². The largest absolute Gasteiger partial charge is 0.459 e. The van der Waals surface area contributed by atoms with Gasteiger partial charge in [-0.1, -0.05) is 36.4 Å². The van der Waals surface area contributed by atoms with Crippen LogP contribution >= 0.6 is 0 Å². The molecule has 0 spiro atoms. The first-order valence-electron chi connectivity index (χ1n) is 9.65. The lowest BCUT2D eigenvalue weighted by molar-refractivity contribution is -0.123. The number of nitrogens with zero attached hydrogens (tertiary/aromatic N) is 4. The highest BCUT2D eigenvalue weighted by atomic mass is 16.3. The molecule has 0 saturated heterocycles. The van der Waals surface area contributed by atoms with Crippen molar-refractivity contribution < 1.29 is 14.0 Å². The summed E-state index contributed by atoms with van der Waals surface area (Å²) >= 11 is 0. The topological polar surface area (TPSA) is 115 Å². The average Bonchev–Trinajstić information content (AvgIpc) is 3.52.